The Bertz CT molecular complexity index is 411. The largest absolute Gasteiger partial charge is 0.379 e. The van der Waals surface area contributed by atoms with Crippen molar-refractivity contribution in [3.05, 3.63) is 30.1 Å². The Balaban J connectivity index is 1.75. The summed E-state index contributed by atoms with van der Waals surface area (Å²) in [7, 11) is 0. The lowest BCUT2D eigenvalue weighted by Gasteiger charge is -2.47. The molecule has 0 bridgehead atoms. The standard InChI is InChI=1S/C16H25N3O/c17-15(12-14-4-3-7-18-13-14)16(5-1-2-6-16)19-8-10-20-11-9-19/h3-4,7,13,15H,1-2,5-6,8-12,17H2. The van der Waals surface area contributed by atoms with Gasteiger partial charge in [0.2, 0.25) is 0 Å². The van der Waals surface area contributed by atoms with E-state index >= 15 is 0 Å². The van der Waals surface area contributed by atoms with E-state index < -0.39 is 0 Å². The third-order valence-corrected chi connectivity index (χ3v) is 4.98. The van der Waals surface area contributed by atoms with Crippen LogP contribution in [0.1, 0.15) is 31.2 Å². The number of hydrogen-bond acceptors (Lipinski definition) is 4. The second kappa shape index (κ2) is 6.20. The van der Waals surface area contributed by atoms with Crippen LogP contribution < -0.4 is 5.73 Å². The van der Waals surface area contributed by atoms with E-state index in [2.05, 4.69) is 16.0 Å². The summed E-state index contributed by atoms with van der Waals surface area (Å²) >= 11 is 0. The van der Waals surface area contributed by atoms with Crippen molar-refractivity contribution in [3.63, 3.8) is 0 Å². The minimum Gasteiger partial charge on any atom is -0.379 e. The number of rotatable bonds is 4. The minimum absolute atomic E-state index is 0.180. The fourth-order valence-electron chi connectivity index (χ4n) is 3.88. The SMILES string of the molecule is NC(Cc1cccnc1)C1(N2CCOCC2)CCCC1. The first-order valence-corrected chi connectivity index (χ1v) is 7.78. The Morgan fingerprint density at radius 3 is 2.70 bits per heavy atom. The first-order chi connectivity index (χ1) is 9.81. The third kappa shape index (κ3) is 2.73. The minimum atomic E-state index is 0.180. The third-order valence-electron chi connectivity index (χ3n) is 4.98. The topological polar surface area (TPSA) is 51.4 Å². The van der Waals surface area contributed by atoms with Gasteiger partial charge in [-0.15, -0.1) is 0 Å². The van der Waals surface area contributed by atoms with Gasteiger partial charge in [0.05, 0.1) is 13.2 Å². The van der Waals surface area contributed by atoms with Gasteiger partial charge in [0, 0.05) is 37.1 Å². The van der Waals surface area contributed by atoms with Crippen LogP contribution in [-0.4, -0.2) is 47.8 Å². The number of nitrogens with two attached hydrogens (primary N) is 1. The van der Waals surface area contributed by atoms with Gasteiger partial charge in [-0.2, -0.15) is 0 Å². The highest BCUT2D eigenvalue weighted by Gasteiger charge is 2.44. The van der Waals surface area contributed by atoms with Gasteiger partial charge in [-0.1, -0.05) is 18.9 Å². The zero-order chi connectivity index (χ0) is 13.8. The second-order valence-corrected chi connectivity index (χ2v) is 6.08. The molecule has 3 rings (SSSR count). The van der Waals surface area contributed by atoms with Crippen LogP contribution in [0.5, 0.6) is 0 Å². The van der Waals surface area contributed by atoms with Gasteiger partial charge in [0.1, 0.15) is 0 Å². The molecule has 2 N–H and O–H groups in total. The molecule has 4 heteroatoms. The van der Waals surface area contributed by atoms with Crippen molar-refractivity contribution in [2.75, 3.05) is 26.3 Å². The van der Waals surface area contributed by atoms with Crippen LogP contribution in [0.15, 0.2) is 24.5 Å². The van der Waals surface area contributed by atoms with Gasteiger partial charge >= 0.3 is 0 Å². The average Bonchev–Trinajstić information content (AvgIpc) is 3.00. The molecular weight excluding hydrogens is 250 g/mol. The average molecular weight is 275 g/mol. The molecule has 0 spiro atoms. The highest BCUT2D eigenvalue weighted by atomic mass is 16.5. The monoisotopic (exact) mass is 275 g/mol. The zero-order valence-electron chi connectivity index (χ0n) is 12.1. The van der Waals surface area contributed by atoms with Crippen molar-refractivity contribution in [2.45, 2.75) is 43.7 Å². The maximum atomic E-state index is 6.67. The number of ether oxygens (including phenoxy) is 1. The molecule has 2 heterocycles. The summed E-state index contributed by atoms with van der Waals surface area (Å²) in [4.78, 5) is 6.81. The highest BCUT2D eigenvalue weighted by Crippen LogP contribution is 2.38. The van der Waals surface area contributed by atoms with Crippen molar-refractivity contribution in [1.29, 1.82) is 0 Å². The summed E-state index contributed by atoms with van der Waals surface area (Å²) in [6.45, 7) is 3.75. The molecule has 1 aliphatic carbocycles. The summed E-state index contributed by atoms with van der Waals surface area (Å²) in [5.41, 5.74) is 8.10. The predicted molar refractivity (Wildman–Crippen MR) is 79.5 cm³/mol. The smallest absolute Gasteiger partial charge is 0.0594 e. The molecule has 1 saturated carbocycles. The van der Waals surface area contributed by atoms with E-state index in [1.807, 2.05) is 18.5 Å². The van der Waals surface area contributed by atoms with Crippen molar-refractivity contribution >= 4 is 0 Å². The van der Waals surface area contributed by atoms with E-state index in [0.29, 0.717) is 0 Å². The van der Waals surface area contributed by atoms with E-state index in [0.717, 1.165) is 32.7 Å². The molecule has 1 unspecified atom stereocenters. The fraction of sp³-hybridized carbons (Fsp3) is 0.688. The van der Waals surface area contributed by atoms with Crippen LogP contribution in [0, 0.1) is 0 Å². The molecule has 1 saturated heterocycles. The molecule has 0 radical (unpaired) electrons. The summed E-state index contributed by atoms with van der Waals surface area (Å²) in [6, 6.07) is 4.32. The van der Waals surface area contributed by atoms with E-state index in [9.17, 15) is 0 Å². The molecule has 1 aliphatic heterocycles. The number of aromatic nitrogens is 1. The number of hydrogen-bond donors (Lipinski definition) is 1. The number of nitrogens with zero attached hydrogens (tertiary/aromatic N) is 2. The number of morpholine rings is 1. The molecule has 2 aliphatic rings. The Hall–Kier alpha value is -0.970. The van der Waals surface area contributed by atoms with E-state index in [1.165, 1.54) is 31.2 Å². The van der Waals surface area contributed by atoms with Crippen LogP contribution in [0.4, 0.5) is 0 Å². The molecule has 1 atom stereocenters. The lowest BCUT2D eigenvalue weighted by Crippen LogP contribution is -2.61. The Labute approximate surface area is 121 Å². The Morgan fingerprint density at radius 1 is 1.30 bits per heavy atom. The maximum Gasteiger partial charge on any atom is 0.0594 e. The quantitative estimate of drug-likeness (QED) is 0.907. The molecule has 0 aromatic carbocycles. The van der Waals surface area contributed by atoms with Gasteiger partial charge in [0.25, 0.3) is 0 Å². The molecule has 1 aromatic rings. The van der Waals surface area contributed by atoms with Crippen LogP contribution >= 0.6 is 0 Å². The Morgan fingerprint density at radius 2 is 2.05 bits per heavy atom. The van der Waals surface area contributed by atoms with Crippen molar-refractivity contribution in [3.8, 4) is 0 Å². The fourth-order valence-corrected chi connectivity index (χ4v) is 3.88. The summed E-state index contributed by atoms with van der Waals surface area (Å²) < 4.78 is 5.51. The van der Waals surface area contributed by atoms with E-state index in [1.54, 1.807) is 0 Å². The first kappa shape index (κ1) is 14.0. The van der Waals surface area contributed by atoms with Crippen LogP contribution in [0.3, 0.4) is 0 Å². The molecular formula is C16H25N3O. The highest BCUT2D eigenvalue weighted by molar-refractivity contribution is 5.14. The lowest BCUT2D eigenvalue weighted by atomic mass is 9.83. The van der Waals surface area contributed by atoms with E-state index in [-0.39, 0.29) is 11.6 Å². The normalized spacial score (nSPS) is 24.6. The molecule has 1 aromatic heterocycles. The summed E-state index contributed by atoms with van der Waals surface area (Å²) in [5.74, 6) is 0. The van der Waals surface area contributed by atoms with Crippen LogP contribution in [0.2, 0.25) is 0 Å². The summed E-state index contributed by atoms with van der Waals surface area (Å²) in [6.07, 6.45) is 9.76. The summed E-state index contributed by atoms with van der Waals surface area (Å²) in [5, 5.41) is 0. The Kier molecular flexibility index (Phi) is 4.34. The van der Waals surface area contributed by atoms with E-state index in [4.69, 9.17) is 10.5 Å². The van der Waals surface area contributed by atoms with Gasteiger partial charge in [-0.3, -0.25) is 9.88 Å². The second-order valence-electron chi connectivity index (χ2n) is 6.08. The molecule has 110 valence electrons. The first-order valence-electron chi connectivity index (χ1n) is 7.78. The van der Waals surface area contributed by atoms with Gasteiger partial charge in [0.15, 0.2) is 0 Å². The lowest BCUT2D eigenvalue weighted by molar-refractivity contribution is -0.0305. The maximum absolute atomic E-state index is 6.67. The van der Waals surface area contributed by atoms with Gasteiger partial charge < -0.3 is 10.5 Å². The molecule has 20 heavy (non-hydrogen) atoms. The molecule has 4 nitrogen and oxygen atoms in total. The van der Waals surface area contributed by atoms with Gasteiger partial charge in [-0.05, 0) is 30.9 Å². The number of pyridine rings is 1. The van der Waals surface area contributed by atoms with Gasteiger partial charge in [-0.25, -0.2) is 0 Å². The van der Waals surface area contributed by atoms with Crippen molar-refractivity contribution < 1.29 is 4.74 Å². The van der Waals surface area contributed by atoms with Crippen molar-refractivity contribution in [1.82, 2.24) is 9.88 Å². The predicted octanol–water partition coefficient (Wildman–Crippen LogP) is 1.60. The van der Waals surface area contributed by atoms with Crippen LogP contribution in [0.25, 0.3) is 0 Å². The zero-order valence-corrected chi connectivity index (χ0v) is 12.1. The molecule has 2 fully saturated rings. The van der Waals surface area contributed by atoms with Crippen molar-refractivity contribution in [2.24, 2.45) is 5.73 Å². The molecule has 0 amide bonds. The van der Waals surface area contributed by atoms with Crippen LogP contribution in [-0.2, 0) is 11.2 Å².